The van der Waals surface area contributed by atoms with Crippen LogP contribution in [0.5, 0.6) is 0 Å². The number of hydrogen-bond donors (Lipinski definition) is 5. The van der Waals surface area contributed by atoms with E-state index in [0.29, 0.717) is 48.4 Å². The molecule has 3 fully saturated rings. The van der Waals surface area contributed by atoms with Gasteiger partial charge in [-0.2, -0.15) is 5.10 Å². The second-order valence-corrected chi connectivity index (χ2v) is 20.7. The number of nitrogens with zero attached hydrogens (tertiary/aromatic N) is 13. The molecule has 10 aromatic rings. The Balaban J connectivity index is 0.817. The monoisotopic (exact) mass is 1020 g/mol. The van der Waals surface area contributed by atoms with E-state index in [1.807, 2.05) is 67.6 Å². The molecule has 384 valence electrons. The molecule has 13 heterocycles. The number of H-pyrrole nitrogens is 3. The molecule has 14 rings (SSSR count). The van der Waals surface area contributed by atoms with Crippen LogP contribution in [-0.2, 0) is 13.1 Å². The van der Waals surface area contributed by atoms with Crippen LogP contribution in [0.3, 0.4) is 0 Å². The van der Waals surface area contributed by atoms with E-state index in [2.05, 4.69) is 73.6 Å². The first-order chi connectivity index (χ1) is 38.0. The van der Waals surface area contributed by atoms with Gasteiger partial charge in [-0.1, -0.05) is 18.2 Å². The number of rotatable bonds is 11. The van der Waals surface area contributed by atoms with Gasteiger partial charge in [0.15, 0.2) is 11.6 Å². The largest absolute Gasteiger partial charge is 0.368 e. The van der Waals surface area contributed by atoms with Gasteiger partial charge >= 0.3 is 0 Å². The molecular weight excluding hydrogens is 965 g/mol. The molecule has 0 radical (unpaired) electrons. The van der Waals surface area contributed by atoms with Gasteiger partial charge in [-0.15, -0.1) is 0 Å². The lowest BCUT2D eigenvalue weighted by Gasteiger charge is -2.35. The Labute approximate surface area is 443 Å². The molecule has 1 amide bonds. The third kappa shape index (κ3) is 9.09. The minimum absolute atomic E-state index is 0.0105. The van der Waals surface area contributed by atoms with Gasteiger partial charge < -0.3 is 25.1 Å². The summed E-state index contributed by atoms with van der Waals surface area (Å²) in [5.41, 5.74) is 16.2. The van der Waals surface area contributed by atoms with Crippen molar-refractivity contribution in [3.05, 3.63) is 144 Å². The quantitative estimate of drug-likeness (QED) is 0.0816. The van der Waals surface area contributed by atoms with Crippen molar-refractivity contribution in [2.45, 2.75) is 64.0 Å². The first-order valence-corrected chi connectivity index (χ1v) is 26.8. The zero-order valence-corrected chi connectivity index (χ0v) is 42.5. The number of likely N-dealkylation sites (tertiary alicyclic amines) is 1. The molecular formula is C58H56N18O. The maximum absolute atomic E-state index is 13.4. The van der Waals surface area contributed by atoms with Crippen LogP contribution in [0.15, 0.2) is 115 Å². The van der Waals surface area contributed by atoms with Crippen molar-refractivity contribution >= 4 is 61.7 Å². The zero-order chi connectivity index (χ0) is 51.2. The molecule has 1 atom stereocenters. The molecule has 0 saturated carbocycles. The van der Waals surface area contributed by atoms with E-state index in [1.165, 1.54) is 24.8 Å². The number of anilines is 3. The predicted octanol–water partition coefficient (Wildman–Crippen LogP) is 8.81. The summed E-state index contributed by atoms with van der Waals surface area (Å²) >= 11 is 0. The number of carbonyl (C=O) groups excluding carboxylic acids is 1. The molecule has 5 N–H and O–H groups in total. The summed E-state index contributed by atoms with van der Waals surface area (Å²) < 4.78 is 0. The highest BCUT2D eigenvalue weighted by Gasteiger charge is 2.32. The third-order valence-corrected chi connectivity index (χ3v) is 15.6. The summed E-state index contributed by atoms with van der Waals surface area (Å²) in [4.78, 5) is 72.7. The van der Waals surface area contributed by atoms with Crippen molar-refractivity contribution in [1.29, 1.82) is 0 Å². The average Bonchev–Trinajstić information content (AvgIpc) is 4.32. The standard InChI is InChI=1S/C58H56N18O/c77-58(36-10-3-1-4-11-36)66-40-19-39(24-60-25-40)45-20-41-43(26-63-34-65-52(41)56-68-47-27-61-30-49(54(47)70-56)75-15-5-2-6-16-75)51(67-45)37-12-9-17-76(33-37)50-31-62-28-48-55(50)71-57(69-48)53-42-21-44(64-29-46(42)72-73-53)38-18-35(22-59-23-38)32-74-13-7-8-14-74/h1,3-4,10-11,18-25,27-31,37,63H,2,5-9,12-17,26,32-34H2,(H,66,77)(H,68,70)(H,69,71)(H,72,73). The Morgan fingerprint density at radius 2 is 1.39 bits per heavy atom. The number of amides is 1. The average molecular weight is 1020 g/mol. The van der Waals surface area contributed by atoms with Gasteiger partial charge in [0, 0.05) is 91.4 Å². The Morgan fingerprint density at radius 1 is 0.662 bits per heavy atom. The van der Waals surface area contributed by atoms with Gasteiger partial charge in [0.2, 0.25) is 0 Å². The Morgan fingerprint density at radius 3 is 2.22 bits per heavy atom. The lowest BCUT2D eigenvalue weighted by molar-refractivity contribution is 0.102. The van der Waals surface area contributed by atoms with Crippen LogP contribution < -0.4 is 20.4 Å². The number of aromatic nitrogens is 12. The first-order valence-electron chi connectivity index (χ1n) is 26.8. The minimum atomic E-state index is -0.216. The molecule has 19 nitrogen and oxygen atoms in total. The van der Waals surface area contributed by atoms with Gasteiger partial charge in [0.05, 0.1) is 94.5 Å². The summed E-state index contributed by atoms with van der Waals surface area (Å²) in [6.45, 7) is 7.53. The smallest absolute Gasteiger partial charge is 0.255 e. The van der Waals surface area contributed by atoms with Gasteiger partial charge in [0.25, 0.3) is 5.91 Å². The number of carbonyl (C=O) groups is 1. The molecule has 4 aliphatic rings. The van der Waals surface area contributed by atoms with E-state index in [4.69, 9.17) is 35.0 Å². The number of nitrogens with one attached hydrogen (secondary N) is 5. The molecule has 3 saturated heterocycles. The first kappa shape index (κ1) is 46.7. The van der Waals surface area contributed by atoms with Crippen molar-refractivity contribution in [3.8, 4) is 34.0 Å². The lowest BCUT2D eigenvalue weighted by Crippen LogP contribution is -2.35. The van der Waals surface area contributed by atoms with Crippen molar-refractivity contribution in [1.82, 2.24) is 70.3 Å². The van der Waals surface area contributed by atoms with Crippen LogP contribution in [0.1, 0.15) is 89.4 Å². The van der Waals surface area contributed by atoms with Crippen molar-refractivity contribution < 1.29 is 4.79 Å². The third-order valence-electron chi connectivity index (χ3n) is 15.6. The van der Waals surface area contributed by atoms with Crippen LogP contribution in [-0.4, -0.2) is 122 Å². The Bertz CT molecular complexity index is 3870. The molecule has 77 heavy (non-hydrogen) atoms. The van der Waals surface area contributed by atoms with Gasteiger partial charge in [-0.3, -0.25) is 55.0 Å². The SMILES string of the molecule is O=C(Nc1cncc(-c2cc3c(c(C4CCCN(c5cncc6[nH]c(-c7n[nH]c8cnc(-c9cncc(CN%10CCCC%10)c9)cc78)nc56)C4)n2)CNCN=C3c2nc3c(N4CCCCC4)cncc3[nH]2)c1)c1ccccc1. The second-order valence-electron chi connectivity index (χ2n) is 20.7. The van der Waals surface area contributed by atoms with Gasteiger partial charge in [-0.25, -0.2) is 9.97 Å². The normalized spacial score (nSPS) is 17.2. The van der Waals surface area contributed by atoms with Crippen LogP contribution in [0, 0.1) is 0 Å². The van der Waals surface area contributed by atoms with Gasteiger partial charge in [0.1, 0.15) is 22.4 Å². The molecule has 1 aromatic carbocycles. The zero-order valence-electron chi connectivity index (χ0n) is 42.5. The van der Waals surface area contributed by atoms with Gasteiger partial charge in [-0.05, 0) is 106 Å². The highest BCUT2D eigenvalue weighted by molar-refractivity contribution is 6.14. The predicted molar refractivity (Wildman–Crippen MR) is 298 cm³/mol. The Kier molecular flexibility index (Phi) is 12.2. The molecule has 0 spiro atoms. The number of hydrogen-bond acceptors (Lipinski definition) is 15. The molecule has 0 aliphatic carbocycles. The molecule has 1 unspecified atom stereocenters. The number of imidazole rings is 2. The molecule has 0 bridgehead atoms. The fraction of sp³-hybridized carbons (Fsp3) is 0.293. The van der Waals surface area contributed by atoms with E-state index in [-0.39, 0.29) is 11.8 Å². The van der Waals surface area contributed by atoms with E-state index < -0.39 is 0 Å². The molecule has 19 heteroatoms. The van der Waals surface area contributed by atoms with Crippen LogP contribution in [0.2, 0.25) is 0 Å². The number of pyridine rings is 6. The van der Waals surface area contributed by atoms with Crippen LogP contribution in [0.4, 0.5) is 17.1 Å². The lowest BCUT2D eigenvalue weighted by atomic mass is 9.87. The summed E-state index contributed by atoms with van der Waals surface area (Å²) in [5.74, 6) is 1.11. The summed E-state index contributed by atoms with van der Waals surface area (Å²) in [5, 5.41) is 15.6. The highest BCUT2D eigenvalue weighted by Crippen LogP contribution is 2.39. The van der Waals surface area contributed by atoms with E-state index >= 15 is 0 Å². The number of piperidine rings is 2. The van der Waals surface area contributed by atoms with E-state index in [1.54, 1.807) is 24.5 Å². The number of aliphatic imine (C=N–C) groups is 1. The Hall–Kier alpha value is -8.81. The second kappa shape index (κ2) is 20.0. The van der Waals surface area contributed by atoms with Crippen molar-refractivity contribution in [2.24, 2.45) is 4.99 Å². The fourth-order valence-corrected chi connectivity index (χ4v) is 11.8. The van der Waals surface area contributed by atoms with E-state index in [9.17, 15) is 4.79 Å². The van der Waals surface area contributed by atoms with E-state index in [0.717, 1.165) is 154 Å². The minimum Gasteiger partial charge on any atom is -0.368 e. The maximum atomic E-state index is 13.4. The number of aromatic amines is 3. The summed E-state index contributed by atoms with van der Waals surface area (Å²) in [6.07, 6.45) is 24.5. The van der Waals surface area contributed by atoms with Crippen LogP contribution >= 0.6 is 0 Å². The summed E-state index contributed by atoms with van der Waals surface area (Å²) in [7, 11) is 0. The topological polar surface area (TPSA) is 227 Å². The molecule has 9 aromatic heterocycles. The fourth-order valence-electron chi connectivity index (χ4n) is 11.8. The van der Waals surface area contributed by atoms with Crippen molar-refractivity contribution in [3.63, 3.8) is 0 Å². The molecule has 4 aliphatic heterocycles. The number of fused-ring (bicyclic) bond motifs is 4. The highest BCUT2D eigenvalue weighted by atomic mass is 16.1. The van der Waals surface area contributed by atoms with Crippen LogP contribution in [0.25, 0.3) is 67.0 Å². The summed E-state index contributed by atoms with van der Waals surface area (Å²) in [6, 6.07) is 17.5. The van der Waals surface area contributed by atoms with Crippen molar-refractivity contribution in [2.75, 3.05) is 61.1 Å². The number of benzene rings is 1. The maximum Gasteiger partial charge on any atom is 0.255 e.